The minimum atomic E-state index is -1.68. The molecule has 25 heavy (non-hydrogen) atoms. The standard InChI is InChI=1S/C20H23NO3Si/c1-24-13-6-5-11-7-16-18(21-17(11)10-13)14-8-12(22)9-15(14)20(19(16)23)25(2,3)4/h5-8,10,15,19-20,23H,9H2,1-4H3. The summed E-state index contributed by atoms with van der Waals surface area (Å²) in [5, 5.41) is 12.2. The molecule has 0 saturated carbocycles. The van der Waals surface area contributed by atoms with Gasteiger partial charge in [0.2, 0.25) is 0 Å². The molecule has 1 aromatic carbocycles. The smallest absolute Gasteiger partial charge is 0.156 e. The van der Waals surface area contributed by atoms with E-state index in [1.165, 1.54) is 0 Å². The number of methoxy groups -OCH3 is 1. The Labute approximate surface area is 148 Å². The van der Waals surface area contributed by atoms with Crippen LogP contribution in [0, 0.1) is 5.92 Å². The number of fused-ring (bicyclic) bond motifs is 4. The molecule has 3 atom stereocenters. The van der Waals surface area contributed by atoms with Gasteiger partial charge in [-0.25, -0.2) is 4.98 Å². The van der Waals surface area contributed by atoms with Crippen LogP contribution < -0.4 is 4.74 Å². The fraction of sp³-hybridized carbons (Fsp3) is 0.400. The number of ether oxygens (including phenoxy) is 1. The fourth-order valence-corrected chi connectivity index (χ4v) is 7.10. The number of pyridine rings is 1. The van der Waals surface area contributed by atoms with Crippen molar-refractivity contribution in [2.45, 2.75) is 37.7 Å². The molecule has 1 aromatic heterocycles. The first-order valence-electron chi connectivity index (χ1n) is 8.71. The van der Waals surface area contributed by atoms with E-state index in [1.54, 1.807) is 13.2 Å². The third kappa shape index (κ3) is 2.53. The SMILES string of the molecule is COc1ccc2cc3c(nc2c1)C1=CC(=O)CC1C([Si](C)(C)C)C3O. The van der Waals surface area contributed by atoms with Crippen molar-refractivity contribution in [3.05, 3.63) is 41.6 Å². The Morgan fingerprint density at radius 2 is 2.00 bits per heavy atom. The van der Waals surface area contributed by atoms with Crippen LogP contribution in [-0.4, -0.2) is 31.1 Å². The molecule has 130 valence electrons. The fourth-order valence-electron chi connectivity index (χ4n) is 4.47. The Morgan fingerprint density at radius 3 is 2.68 bits per heavy atom. The number of carbonyl (C=O) groups excluding carboxylic acids is 1. The number of rotatable bonds is 2. The molecule has 2 aliphatic carbocycles. The van der Waals surface area contributed by atoms with Crippen LogP contribution in [0.1, 0.15) is 23.8 Å². The summed E-state index contributed by atoms with van der Waals surface area (Å²) in [6, 6.07) is 7.81. The Bertz CT molecular complexity index is 913. The van der Waals surface area contributed by atoms with Crippen molar-refractivity contribution in [1.29, 1.82) is 0 Å². The lowest BCUT2D eigenvalue weighted by molar-refractivity contribution is -0.114. The summed E-state index contributed by atoms with van der Waals surface area (Å²) in [7, 11) is -0.0415. The highest BCUT2D eigenvalue weighted by Gasteiger charge is 2.48. The van der Waals surface area contributed by atoms with E-state index in [4.69, 9.17) is 9.72 Å². The zero-order valence-corrected chi connectivity index (χ0v) is 16.0. The molecule has 2 aliphatic rings. The van der Waals surface area contributed by atoms with Gasteiger partial charge in [-0.1, -0.05) is 19.6 Å². The number of aliphatic hydroxyl groups excluding tert-OH is 1. The monoisotopic (exact) mass is 353 g/mol. The summed E-state index contributed by atoms with van der Waals surface area (Å²) in [5.74, 6) is 0.998. The van der Waals surface area contributed by atoms with Crippen LogP contribution in [0.4, 0.5) is 0 Å². The predicted octanol–water partition coefficient (Wildman–Crippen LogP) is 3.97. The van der Waals surface area contributed by atoms with Crippen LogP contribution in [0.3, 0.4) is 0 Å². The number of benzene rings is 1. The molecule has 2 aromatic rings. The summed E-state index contributed by atoms with van der Waals surface area (Å²) in [5.41, 5.74) is 3.63. The van der Waals surface area contributed by atoms with Crippen LogP contribution in [-0.2, 0) is 4.79 Å². The Morgan fingerprint density at radius 1 is 1.24 bits per heavy atom. The van der Waals surface area contributed by atoms with E-state index < -0.39 is 14.2 Å². The molecule has 1 heterocycles. The molecule has 0 aliphatic heterocycles. The van der Waals surface area contributed by atoms with Crippen LogP contribution in [0.5, 0.6) is 5.75 Å². The maximum absolute atomic E-state index is 12.2. The largest absolute Gasteiger partial charge is 0.497 e. The molecule has 0 fully saturated rings. The van der Waals surface area contributed by atoms with Gasteiger partial charge in [0.15, 0.2) is 5.78 Å². The van der Waals surface area contributed by atoms with Crippen LogP contribution in [0.2, 0.25) is 25.2 Å². The number of ketones is 1. The van der Waals surface area contributed by atoms with E-state index in [0.717, 1.165) is 33.5 Å². The molecule has 0 amide bonds. The summed E-state index contributed by atoms with van der Waals surface area (Å²) >= 11 is 0. The Balaban J connectivity index is 1.97. The number of nitrogens with zero attached hydrogens (tertiary/aromatic N) is 1. The molecular weight excluding hydrogens is 330 g/mol. The third-order valence-corrected chi connectivity index (χ3v) is 8.28. The van der Waals surface area contributed by atoms with Crippen LogP contribution in [0.15, 0.2) is 30.3 Å². The summed E-state index contributed by atoms with van der Waals surface area (Å²) < 4.78 is 5.30. The number of hydrogen-bond donors (Lipinski definition) is 1. The second kappa shape index (κ2) is 5.51. The van der Waals surface area contributed by atoms with Gasteiger partial charge in [0.1, 0.15) is 5.75 Å². The molecule has 1 N–H and O–H groups in total. The zero-order valence-electron chi connectivity index (χ0n) is 15.0. The highest BCUT2D eigenvalue weighted by Crippen LogP contribution is 2.55. The van der Waals surface area contributed by atoms with Crippen molar-refractivity contribution in [2.24, 2.45) is 5.92 Å². The van der Waals surface area contributed by atoms with E-state index in [0.29, 0.717) is 6.42 Å². The van der Waals surface area contributed by atoms with Gasteiger partial charge in [0.05, 0.1) is 32.5 Å². The second-order valence-electron chi connectivity index (χ2n) is 8.20. The topological polar surface area (TPSA) is 59.4 Å². The van der Waals surface area contributed by atoms with Gasteiger partial charge in [0.25, 0.3) is 0 Å². The van der Waals surface area contributed by atoms with Crippen molar-refractivity contribution in [2.75, 3.05) is 7.11 Å². The van der Waals surface area contributed by atoms with E-state index in [2.05, 4.69) is 19.6 Å². The van der Waals surface area contributed by atoms with Gasteiger partial charge in [-0.15, -0.1) is 0 Å². The van der Waals surface area contributed by atoms with Gasteiger partial charge in [0, 0.05) is 23.4 Å². The van der Waals surface area contributed by atoms with Crippen molar-refractivity contribution in [3.63, 3.8) is 0 Å². The number of carbonyl (C=O) groups is 1. The molecule has 5 heteroatoms. The van der Waals surface area contributed by atoms with Gasteiger partial charge in [-0.3, -0.25) is 4.79 Å². The van der Waals surface area contributed by atoms with E-state index in [9.17, 15) is 9.90 Å². The van der Waals surface area contributed by atoms with Gasteiger partial charge < -0.3 is 9.84 Å². The van der Waals surface area contributed by atoms with Gasteiger partial charge >= 0.3 is 0 Å². The van der Waals surface area contributed by atoms with Crippen LogP contribution >= 0.6 is 0 Å². The minimum Gasteiger partial charge on any atom is -0.497 e. The van der Waals surface area contributed by atoms with Crippen molar-refractivity contribution >= 4 is 30.3 Å². The first-order chi connectivity index (χ1) is 11.8. The number of aliphatic hydroxyl groups is 1. The normalized spacial score (nSPS) is 25.6. The molecular formula is C20H23NO3Si. The predicted molar refractivity (Wildman–Crippen MR) is 101 cm³/mol. The summed E-state index contributed by atoms with van der Waals surface area (Å²) in [6.07, 6.45) is 1.69. The first kappa shape index (κ1) is 16.5. The minimum absolute atomic E-state index is 0.0947. The van der Waals surface area contributed by atoms with E-state index >= 15 is 0 Å². The van der Waals surface area contributed by atoms with E-state index in [-0.39, 0.29) is 17.2 Å². The van der Waals surface area contributed by atoms with Crippen LogP contribution in [0.25, 0.3) is 16.5 Å². The number of allylic oxidation sites excluding steroid dienone is 2. The number of aromatic nitrogens is 1. The van der Waals surface area contributed by atoms with Gasteiger partial charge in [-0.05, 0) is 41.3 Å². The lowest BCUT2D eigenvalue weighted by atomic mass is 9.81. The third-order valence-electron chi connectivity index (χ3n) is 5.56. The number of hydrogen-bond acceptors (Lipinski definition) is 4. The Hall–Kier alpha value is -1.98. The molecule has 0 saturated heterocycles. The highest BCUT2D eigenvalue weighted by atomic mass is 28.3. The average Bonchev–Trinajstić information content (AvgIpc) is 2.93. The average molecular weight is 353 g/mol. The lowest BCUT2D eigenvalue weighted by Crippen LogP contribution is -2.40. The highest BCUT2D eigenvalue weighted by molar-refractivity contribution is 6.78. The zero-order chi connectivity index (χ0) is 17.9. The Kier molecular flexibility index (Phi) is 3.63. The molecule has 0 radical (unpaired) electrons. The second-order valence-corrected chi connectivity index (χ2v) is 13.6. The quantitative estimate of drug-likeness (QED) is 0.830. The lowest BCUT2D eigenvalue weighted by Gasteiger charge is -2.42. The molecule has 4 rings (SSSR count). The maximum Gasteiger partial charge on any atom is 0.156 e. The van der Waals surface area contributed by atoms with Crippen molar-refractivity contribution in [3.8, 4) is 5.75 Å². The summed E-state index contributed by atoms with van der Waals surface area (Å²) in [6.45, 7) is 6.81. The van der Waals surface area contributed by atoms with Gasteiger partial charge in [-0.2, -0.15) is 0 Å². The molecule has 0 spiro atoms. The van der Waals surface area contributed by atoms with Crippen molar-refractivity contribution in [1.82, 2.24) is 4.98 Å². The summed E-state index contributed by atoms with van der Waals surface area (Å²) in [4.78, 5) is 17.0. The first-order valence-corrected chi connectivity index (χ1v) is 12.3. The van der Waals surface area contributed by atoms with Crippen molar-refractivity contribution < 1.29 is 14.6 Å². The molecule has 0 bridgehead atoms. The molecule has 3 unspecified atom stereocenters. The molecule has 4 nitrogen and oxygen atoms in total. The maximum atomic E-state index is 12.2. The van der Waals surface area contributed by atoms with E-state index in [1.807, 2.05) is 24.3 Å².